The highest BCUT2D eigenvalue weighted by atomic mass is 127. The first kappa shape index (κ1) is 23.6. The molecule has 2 heterocycles. The lowest BCUT2D eigenvalue weighted by Crippen LogP contribution is -2.52. The van der Waals surface area contributed by atoms with Gasteiger partial charge in [-0.2, -0.15) is 0 Å². The Labute approximate surface area is 191 Å². The van der Waals surface area contributed by atoms with Crippen LogP contribution in [0.15, 0.2) is 52.2 Å². The number of likely N-dealkylation sites (N-methyl/N-ethyl adjacent to an activating group) is 1. The van der Waals surface area contributed by atoms with Crippen LogP contribution in [0.5, 0.6) is 0 Å². The minimum Gasteiger partial charge on any atom is -0.364 e. The van der Waals surface area contributed by atoms with Crippen LogP contribution in [-0.2, 0) is 6.54 Å². The summed E-state index contributed by atoms with van der Waals surface area (Å²) in [5.41, 5.74) is 2.29. The molecule has 160 valence electrons. The zero-order valence-electron chi connectivity index (χ0n) is 17.6. The molecule has 1 atom stereocenters. The highest BCUT2D eigenvalue weighted by molar-refractivity contribution is 14.0. The van der Waals surface area contributed by atoms with Crippen molar-refractivity contribution in [1.82, 2.24) is 25.2 Å². The molecule has 0 bridgehead atoms. The number of halogens is 1. The highest BCUT2D eigenvalue weighted by Gasteiger charge is 2.21. The van der Waals surface area contributed by atoms with Gasteiger partial charge in [0, 0.05) is 45.3 Å². The van der Waals surface area contributed by atoms with Crippen LogP contribution in [0.25, 0.3) is 0 Å². The third-order valence-corrected chi connectivity index (χ3v) is 5.11. The van der Waals surface area contributed by atoms with E-state index < -0.39 is 0 Å². The first-order chi connectivity index (χ1) is 13.7. The van der Waals surface area contributed by atoms with Crippen molar-refractivity contribution in [3.63, 3.8) is 0 Å². The SMILES string of the molecule is CCNC(=NCC(c1ccccc1)N(C)C)N1CCN(Cc2ccon2)CC1.I. The molecule has 1 aliphatic heterocycles. The summed E-state index contributed by atoms with van der Waals surface area (Å²) < 4.78 is 4.94. The normalized spacial score (nSPS) is 16.6. The van der Waals surface area contributed by atoms with Crippen molar-refractivity contribution in [2.45, 2.75) is 19.5 Å². The van der Waals surface area contributed by atoms with Gasteiger partial charge in [0.05, 0.1) is 18.3 Å². The summed E-state index contributed by atoms with van der Waals surface area (Å²) in [4.78, 5) is 12.0. The third-order valence-electron chi connectivity index (χ3n) is 5.11. The van der Waals surface area contributed by atoms with Crippen molar-refractivity contribution in [2.75, 3.05) is 53.4 Å². The second-order valence-corrected chi connectivity index (χ2v) is 7.34. The molecule has 0 saturated carbocycles. The van der Waals surface area contributed by atoms with Crippen molar-refractivity contribution in [2.24, 2.45) is 4.99 Å². The zero-order valence-corrected chi connectivity index (χ0v) is 20.0. The first-order valence-electron chi connectivity index (χ1n) is 10.0. The smallest absolute Gasteiger partial charge is 0.194 e. The van der Waals surface area contributed by atoms with Gasteiger partial charge >= 0.3 is 0 Å². The summed E-state index contributed by atoms with van der Waals surface area (Å²) in [6.07, 6.45) is 1.63. The van der Waals surface area contributed by atoms with Gasteiger partial charge in [-0.3, -0.25) is 9.89 Å². The lowest BCUT2D eigenvalue weighted by Gasteiger charge is -2.36. The second-order valence-electron chi connectivity index (χ2n) is 7.34. The van der Waals surface area contributed by atoms with Crippen LogP contribution in [0, 0.1) is 0 Å². The Morgan fingerprint density at radius 2 is 1.90 bits per heavy atom. The molecule has 1 aromatic heterocycles. The van der Waals surface area contributed by atoms with E-state index >= 15 is 0 Å². The average molecular weight is 512 g/mol. The summed E-state index contributed by atoms with van der Waals surface area (Å²) in [6, 6.07) is 12.8. The summed E-state index contributed by atoms with van der Waals surface area (Å²) in [5.74, 6) is 1.01. The summed E-state index contributed by atoms with van der Waals surface area (Å²) in [5, 5.41) is 7.49. The molecule has 7 nitrogen and oxygen atoms in total. The van der Waals surface area contributed by atoms with Crippen molar-refractivity contribution >= 4 is 29.9 Å². The molecule has 2 aromatic rings. The fourth-order valence-corrected chi connectivity index (χ4v) is 3.51. The van der Waals surface area contributed by atoms with Crippen molar-refractivity contribution in [3.8, 4) is 0 Å². The largest absolute Gasteiger partial charge is 0.364 e. The number of guanidine groups is 1. The van der Waals surface area contributed by atoms with E-state index in [1.54, 1.807) is 6.26 Å². The quantitative estimate of drug-likeness (QED) is 0.350. The molecular formula is C21H33IN6O. The van der Waals surface area contributed by atoms with E-state index in [9.17, 15) is 0 Å². The maximum atomic E-state index is 4.98. The predicted octanol–water partition coefficient (Wildman–Crippen LogP) is 2.68. The molecule has 0 amide bonds. The number of piperazine rings is 1. The molecule has 1 aliphatic rings. The molecule has 0 radical (unpaired) electrons. The second kappa shape index (κ2) is 12.1. The fourth-order valence-electron chi connectivity index (χ4n) is 3.51. The molecule has 1 unspecified atom stereocenters. The van der Waals surface area contributed by atoms with Crippen LogP contribution >= 0.6 is 24.0 Å². The minimum atomic E-state index is 0. The first-order valence-corrected chi connectivity index (χ1v) is 10.0. The summed E-state index contributed by atoms with van der Waals surface area (Å²) >= 11 is 0. The number of rotatable bonds is 7. The zero-order chi connectivity index (χ0) is 19.8. The summed E-state index contributed by atoms with van der Waals surface area (Å²) in [6.45, 7) is 8.48. The van der Waals surface area contributed by atoms with Gasteiger partial charge in [-0.05, 0) is 26.6 Å². The fraction of sp³-hybridized carbons (Fsp3) is 0.524. The van der Waals surface area contributed by atoms with E-state index in [4.69, 9.17) is 9.52 Å². The van der Waals surface area contributed by atoms with Crippen LogP contribution in [0.2, 0.25) is 0 Å². The molecule has 29 heavy (non-hydrogen) atoms. The van der Waals surface area contributed by atoms with Gasteiger partial charge < -0.3 is 19.6 Å². The molecule has 1 saturated heterocycles. The maximum Gasteiger partial charge on any atom is 0.194 e. The number of aliphatic imine (C=N–C) groups is 1. The van der Waals surface area contributed by atoms with Crippen LogP contribution in [-0.4, -0.2) is 79.2 Å². The Morgan fingerprint density at radius 3 is 2.48 bits per heavy atom. The molecule has 1 N–H and O–H groups in total. The summed E-state index contributed by atoms with van der Waals surface area (Å²) in [7, 11) is 4.23. The molecule has 1 fully saturated rings. The standard InChI is InChI=1S/C21H32N6O.HI/c1-4-22-21(23-16-20(25(2)3)18-8-6-5-7-9-18)27-13-11-26(12-14-27)17-19-10-15-28-24-19;/h5-10,15,20H,4,11-14,16-17H2,1-3H3,(H,22,23);1H. The monoisotopic (exact) mass is 512 g/mol. The molecule has 0 spiro atoms. The van der Waals surface area contributed by atoms with E-state index in [0.29, 0.717) is 0 Å². The Balaban J connectivity index is 0.00000300. The van der Waals surface area contributed by atoms with Crippen LogP contribution in [0.3, 0.4) is 0 Å². The average Bonchev–Trinajstić information content (AvgIpc) is 3.22. The molecule has 8 heteroatoms. The number of benzene rings is 1. The number of nitrogens with zero attached hydrogens (tertiary/aromatic N) is 5. The Morgan fingerprint density at radius 1 is 1.17 bits per heavy atom. The predicted molar refractivity (Wildman–Crippen MR) is 128 cm³/mol. The van der Waals surface area contributed by atoms with Gasteiger partial charge in [-0.1, -0.05) is 35.5 Å². The van der Waals surface area contributed by atoms with E-state index in [1.165, 1.54) is 5.56 Å². The van der Waals surface area contributed by atoms with Crippen LogP contribution in [0.1, 0.15) is 24.2 Å². The van der Waals surface area contributed by atoms with E-state index in [1.807, 2.05) is 6.07 Å². The molecule has 3 rings (SSSR count). The number of hydrogen-bond acceptors (Lipinski definition) is 5. The van der Waals surface area contributed by atoms with Gasteiger partial charge in [0.15, 0.2) is 5.96 Å². The van der Waals surface area contributed by atoms with Gasteiger partial charge in [-0.15, -0.1) is 24.0 Å². The number of nitrogens with one attached hydrogen (secondary N) is 1. The molecule has 1 aromatic carbocycles. The van der Waals surface area contributed by atoms with E-state index in [2.05, 4.69) is 76.5 Å². The molecule has 0 aliphatic carbocycles. The van der Waals surface area contributed by atoms with Crippen molar-refractivity contribution in [1.29, 1.82) is 0 Å². The lowest BCUT2D eigenvalue weighted by molar-refractivity contribution is 0.168. The lowest BCUT2D eigenvalue weighted by atomic mass is 10.1. The van der Waals surface area contributed by atoms with Crippen LogP contribution in [0.4, 0.5) is 0 Å². The molecular weight excluding hydrogens is 479 g/mol. The van der Waals surface area contributed by atoms with Gasteiger partial charge in [0.1, 0.15) is 6.26 Å². The van der Waals surface area contributed by atoms with E-state index in [-0.39, 0.29) is 30.0 Å². The Hall–Kier alpha value is -1.65. The Kier molecular flexibility index (Phi) is 9.89. The number of hydrogen-bond donors (Lipinski definition) is 1. The van der Waals surface area contributed by atoms with Gasteiger partial charge in [0.25, 0.3) is 0 Å². The highest BCUT2D eigenvalue weighted by Crippen LogP contribution is 2.18. The number of aromatic nitrogens is 1. The maximum absolute atomic E-state index is 4.98. The third kappa shape index (κ3) is 6.97. The minimum absolute atomic E-state index is 0. The van der Waals surface area contributed by atoms with Crippen molar-refractivity contribution in [3.05, 3.63) is 53.9 Å². The Bertz CT molecular complexity index is 714. The van der Waals surface area contributed by atoms with Crippen LogP contribution < -0.4 is 5.32 Å². The van der Waals surface area contributed by atoms with Gasteiger partial charge in [0.2, 0.25) is 0 Å². The van der Waals surface area contributed by atoms with Crippen molar-refractivity contribution < 1.29 is 4.52 Å². The van der Waals surface area contributed by atoms with Gasteiger partial charge in [-0.25, -0.2) is 0 Å². The van der Waals surface area contributed by atoms with E-state index in [0.717, 1.165) is 57.5 Å². The topological polar surface area (TPSA) is 60.1 Å².